The monoisotopic (exact) mass is 403 g/mol. The van der Waals surface area contributed by atoms with Gasteiger partial charge < -0.3 is 20.5 Å². The number of anilines is 2. The second-order valence-electron chi connectivity index (χ2n) is 7.58. The number of hydrogen-bond donors (Lipinski definition) is 3. The summed E-state index contributed by atoms with van der Waals surface area (Å²) in [6, 6.07) is 7.97. The first kappa shape index (κ1) is 19.6. The zero-order chi connectivity index (χ0) is 21.3. The highest BCUT2D eigenvalue weighted by Gasteiger charge is 2.18. The highest BCUT2D eigenvalue weighted by atomic mass is 16.3. The molecule has 0 aliphatic rings. The predicted octanol–water partition coefficient (Wildman–Crippen LogP) is 4.44. The summed E-state index contributed by atoms with van der Waals surface area (Å²) in [6.45, 7) is 6.48. The molecule has 0 saturated heterocycles. The van der Waals surface area contributed by atoms with Gasteiger partial charge in [-0.3, -0.25) is 4.68 Å². The van der Waals surface area contributed by atoms with Crippen LogP contribution in [0.25, 0.3) is 22.4 Å². The van der Waals surface area contributed by atoms with Gasteiger partial charge in [0.2, 0.25) is 0 Å². The minimum absolute atomic E-state index is 0.187. The van der Waals surface area contributed by atoms with E-state index >= 15 is 0 Å². The van der Waals surface area contributed by atoms with Crippen LogP contribution in [0.2, 0.25) is 0 Å². The number of fused-ring (bicyclic) bond motifs is 1. The highest BCUT2D eigenvalue weighted by molar-refractivity contribution is 6.03. The average molecular weight is 403 g/mol. The van der Waals surface area contributed by atoms with E-state index < -0.39 is 0 Å². The van der Waals surface area contributed by atoms with Crippen LogP contribution in [0.1, 0.15) is 32.0 Å². The predicted molar refractivity (Wildman–Crippen MR) is 119 cm³/mol. The van der Waals surface area contributed by atoms with Gasteiger partial charge in [-0.15, -0.1) is 0 Å². The fourth-order valence-electron chi connectivity index (χ4n) is 3.38. The first-order valence-corrected chi connectivity index (χ1v) is 9.83. The summed E-state index contributed by atoms with van der Waals surface area (Å²) in [6.07, 6.45) is 5.25. The average Bonchev–Trinajstić information content (AvgIpc) is 3.34. The molecule has 3 N–H and O–H groups in total. The molecule has 0 radical (unpaired) electrons. The van der Waals surface area contributed by atoms with Crippen molar-refractivity contribution >= 4 is 28.2 Å². The summed E-state index contributed by atoms with van der Waals surface area (Å²) in [4.78, 5) is 9.06. The van der Waals surface area contributed by atoms with Crippen molar-refractivity contribution in [2.75, 3.05) is 10.6 Å². The number of rotatable bonds is 7. The van der Waals surface area contributed by atoms with E-state index in [4.69, 9.17) is 14.8 Å². The second kappa shape index (κ2) is 7.98. The molecule has 0 amide bonds. The Morgan fingerprint density at radius 2 is 2.13 bits per heavy atom. The number of aromatic nitrogens is 4. The fourth-order valence-corrected chi connectivity index (χ4v) is 3.38. The molecule has 0 aliphatic heterocycles. The van der Waals surface area contributed by atoms with Crippen molar-refractivity contribution in [1.29, 1.82) is 5.41 Å². The van der Waals surface area contributed by atoms with Gasteiger partial charge in [-0.2, -0.15) is 5.10 Å². The van der Waals surface area contributed by atoms with Crippen molar-refractivity contribution < 1.29 is 4.42 Å². The zero-order valence-corrected chi connectivity index (χ0v) is 17.5. The molecule has 30 heavy (non-hydrogen) atoms. The molecule has 0 atom stereocenters. The van der Waals surface area contributed by atoms with E-state index in [0.717, 1.165) is 33.7 Å². The molecule has 4 rings (SSSR count). The van der Waals surface area contributed by atoms with Gasteiger partial charge in [0, 0.05) is 37.0 Å². The zero-order valence-electron chi connectivity index (χ0n) is 17.5. The normalized spacial score (nSPS) is 11.2. The van der Waals surface area contributed by atoms with Crippen LogP contribution in [0.5, 0.6) is 0 Å². The van der Waals surface area contributed by atoms with Crippen LogP contribution in [0.15, 0.2) is 47.5 Å². The van der Waals surface area contributed by atoms with Crippen molar-refractivity contribution in [3.05, 3.63) is 54.3 Å². The third-order valence-corrected chi connectivity index (χ3v) is 4.68. The number of aryl methyl sites for hydroxylation is 1. The smallest absolute Gasteiger partial charge is 0.182 e. The molecule has 154 valence electrons. The molecule has 3 heterocycles. The van der Waals surface area contributed by atoms with Crippen LogP contribution >= 0.6 is 0 Å². The molecular formula is C22H25N7O. The largest absolute Gasteiger partial charge is 0.443 e. The van der Waals surface area contributed by atoms with Gasteiger partial charge >= 0.3 is 0 Å². The van der Waals surface area contributed by atoms with Gasteiger partial charge in [0.1, 0.15) is 11.2 Å². The number of nitrogens with one attached hydrogen (secondary N) is 3. The highest BCUT2D eigenvalue weighted by Crippen LogP contribution is 2.34. The lowest BCUT2D eigenvalue weighted by Gasteiger charge is -2.20. The van der Waals surface area contributed by atoms with Crippen LogP contribution in [0.4, 0.5) is 11.4 Å². The van der Waals surface area contributed by atoms with E-state index in [9.17, 15) is 0 Å². The molecule has 0 spiro atoms. The van der Waals surface area contributed by atoms with Crippen molar-refractivity contribution in [3.8, 4) is 11.3 Å². The molecule has 0 fully saturated rings. The van der Waals surface area contributed by atoms with Crippen molar-refractivity contribution in [1.82, 2.24) is 19.7 Å². The molecule has 0 unspecified atom stereocenters. The number of nitrogens with zero attached hydrogens (tertiary/aromatic N) is 4. The lowest BCUT2D eigenvalue weighted by molar-refractivity contribution is 0.603. The third-order valence-electron chi connectivity index (χ3n) is 4.68. The van der Waals surface area contributed by atoms with Gasteiger partial charge in [0.15, 0.2) is 12.0 Å². The van der Waals surface area contributed by atoms with Crippen LogP contribution in [0, 0.1) is 5.41 Å². The summed E-state index contributed by atoms with van der Waals surface area (Å²) in [7, 11) is 1.90. The first-order chi connectivity index (χ1) is 14.4. The maximum absolute atomic E-state index is 8.33. The molecule has 3 aromatic heterocycles. The van der Waals surface area contributed by atoms with Crippen LogP contribution in [0.3, 0.4) is 0 Å². The lowest BCUT2D eigenvalue weighted by Crippen LogP contribution is -2.17. The summed E-state index contributed by atoms with van der Waals surface area (Å²) in [5.41, 5.74) is 6.76. The Bertz CT molecular complexity index is 1210. The lowest BCUT2D eigenvalue weighted by atomic mass is 10.1. The minimum Gasteiger partial charge on any atom is -0.443 e. The quantitative estimate of drug-likeness (QED) is 0.394. The van der Waals surface area contributed by atoms with E-state index in [1.165, 1.54) is 6.39 Å². The Morgan fingerprint density at radius 1 is 1.30 bits per heavy atom. The standard InChI is InChI=1S/C22H25N7O/c1-13(2)27-21-19(24-9-15-10-26-29(4)11-15)8-18(28-20(21)14(3)23)16-6-5-7-17-22(16)30-12-25-17/h5-8,10-13,23,27H,9H2,1-4H3,(H,24,28). The maximum Gasteiger partial charge on any atom is 0.182 e. The van der Waals surface area contributed by atoms with Crippen LogP contribution in [-0.2, 0) is 13.6 Å². The minimum atomic E-state index is 0.187. The molecule has 8 nitrogen and oxygen atoms in total. The van der Waals surface area contributed by atoms with E-state index in [-0.39, 0.29) is 6.04 Å². The van der Waals surface area contributed by atoms with E-state index in [1.54, 1.807) is 11.6 Å². The summed E-state index contributed by atoms with van der Waals surface area (Å²) in [5.74, 6) is 0. The molecule has 1 aromatic carbocycles. The van der Waals surface area contributed by atoms with E-state index in [2.05, 4.69) is 34.6 Å². The van der Waals surface area contributed by atoms with Crippen molar-refractivity contribution in [3.63, 3.8) is 0 Å². The van der Waals surface area contributed by atoms with Crippen molar-refractivity contribution in [2.45, 2.75) is 33.4 Å². The topological polar surface area (TPSA) is 105 Å². The van der Waals surface area contributed by atoms with E-state index in [1.807, 2.05) is 43.7 Å². The maximum atomic E-state index is 8.33. The van der Waals surface area contributed by atoms with E-state index in [0.29, 0.717) is 23.5 Å². The Kier molecular flexibility index (Phi) is 5.22. The summed E-state index contributed by atoms with van der Waals surface area (Å²) < 4.78 is 7.40. The van der Waals surface area contributed by atoms with Gasteiger partial charge in [0.25, 0.3) is 0 Å². The number of hydrogen-bond acceptors (Lipinski definition) is 7. The molecule has 0 saturated carbocycles. The Labute approximate surface area is 174 Å². The van der Waals surface area contributed by atoms with Crippen molar-refractivity contribution in [2.24, 2.45) is 7.05 Å². The molecule has 0 bridgehead atoms. The SMILES string of the molecule is CC(=N)c1nc(-c2cccc3ncoc23)cc(NCc2cnn(C)c2)c1NC(C)C. The Balaban J connectivity index is 1.84. The molecule has 0 aliphatic carbocycles. The molecule has 8 heteroatoms. The fraction of sp³-hybridized carbons (Fsp3) is 0.273. The van der Waals surface area contributed by atoms with Gasteiger partial charge in [-0.25, -0.2) is 9.97 Å². The number of oxazole rings is 1. The van der Waals surface area contributed by atoms with Gasteiger partial charge in [0.05, 0.1) is 29.0 Å². The Morgan fingerprint density at radius 3 is 2.83 bits per heavy atom. The number of para-hydroxylation sites is 1. The Hall–Kier alpha value is -3.68. The van der Waals surface area contributed by atoms with Gasteiger partial charge in [-0.05, 0) is 39.0 Å². The van der Waals surface area contributed by atoms with Crippen LogP contribution in [-0.4, -0.2) is 31.5 Å². The molecule has 4 aromatic rings. The summed E-state index contributed by atoms with van der Waals surface area (Å²) in [5, 5.41) is 19.5. The molecular weight excluding hydrogens is 378 g/mol. The first-order valence-electron chi connectivity index (χ1n) is 9.83. The third kappa shape index (κ3) is 3.89. The summed E-state index contributed by atoms with van der Waals surface area (Å²) >= 11 is 0. The van der Waals surface area contributed by atoms with Crippen LogP contribution < -0.4 is 10.6 Å². The van der Waals surface area contributed by atoms with Gasteiger partial charge in [-0.1, -0.05) is 6.07 Å². The number of pyridine rings is 1. The second-order valence-corrected chi connectivity index (χ2v) is 7.58. The number of benzene rings is 1.